The minimum Gasteiger partial charge on any atom is -0.354 e. The summed E-state index contributed by atoms with van der Waals surface area (Å²) in [7, 11) is 0. The standard InChI is InChI=1S/C30H35F3N4O3/c31-30(32,33)24-11-7-10-23(18-24)27(39)35-16-14-29(15-17-35)28(40)36(21-37(29)25-12-5-2-6-13-25)20-26(38)34-19-22-8-3-1-4-9-22/h2,5-7,10-13,18,22H,1,3-4,8-9,14-17,19-21H2,(H,34,38). The first kappa shape index (κ1) is 28.0. The minimum absolute atomic E-state index is 0.0281. The van der Waals surface area contributed by atoms with Crippen molar-refractivity contribution in [2.24, 2.45) is 5.92 Å². The van der Waals surface area contributed by atoms with Crippen molar-refractivity contribution in [1.29, 1.82) is 0 Å². The van der Waals surface area contributed by atoms with Gasteiger partial charge in [-0.25, -0.2) is 0 Å². The Hall–Kier alpha value is -3.56. The SMILES string of the molecule is O=C(CN1CN(c2ccccc2)C2(CCN(C(=O)c3cccc(C(F)(F)F)c3)CC2)C1=O)NCC1CCCCC1. The molecule has 2 aromatic carbocycles. The van der Waals surface area contributed by atoms with Crippen molar-refractivity contribution in [1.82, 2.24) is 15.1 Å². The molecule has 5 rings (SSSR count). The Kier molecular flexibility index (Phi) is 8.05. The first-order valence-corrected chi connectivity index (χ1v) is 14.0. The van der Waals surface area contributed by atoms with Gasteiger partial charge in [0.05, 0.1) is 12.2 Å². The molecular weight excluding hydrogens is 521 g/mol. The van der Waals surface area contributed by atoms with Crippen LogP contribution < -0.4 is 10.2 Å². The average Bonchev–Trinajstić information content (AvgIpc) is 3.23. The zero-order valence-corrected chi connectivity index (χ0v) is 22.5. The number of anilines is 1. The molecule has 1 N–H and O–H groups in total. The van der Waals surface area contributed by atoms with Gasteiger partial charge in [-0.3, -0.25) is 14.4 Å². The number of carbonyl (C=O) groups excluding carboxylic acids is 3. The Morgan fingerprint density at radius 3 is 2.33 bits per heavy atom. The van der Waals surface area contributed by atoms with E-state index in [9.17, 15) is 27.6 Å². The van der Waals surface area contributed by atoms with E-state index in [0.717, 1.165) is 30.7 Å². The molecule has 1 spiro atoms. The number of benzene rings is 2. The normalized spacial score (nSPS) is 19.8. The van der Waals surface area contributed by atoms with Gasteiger partial charge in [-0.15, -0.1) is 0 Å². The third kappa shape index (κ3) is 5.81. The first-order chi connectivity index (χ1) is 19.2. The molecule has 3 fully saturated rings. The van der Waals surface area contributed by atoms with E-state index in [-0.39, 0.29) is 43.7 Å². The second-order valence-corrected chi connectivity index (χ2v) is 11.1. The number of hydrogen-bond acceptors (Lipinski definition) is 4. The lowest BCUT2D eigenvalue weighted by Crippen LogP contribution is -2.57. The van der Waals surface area contributed by atoms with Gasteiger partial charge in [0.1, 0.15) is 12.1 Å². The molecule has 3 aliphatic rings. The summed E-state index contributed by atoms with van der Waals surface area (Å²) in [6, 6.07) is 13.9. The Bertz CT molecular complexity index is 1220. The van der Waals surface area contributed by atoms with E-state index in [1.165, 1.54) is 36.3 Å². The van der Waals surface area contributed by atoms with Gasteiger partial charge in [-0.2, -0.15) is 13.2 Å². The van der Waals surface area contributed by atoms with Crippen LogP contribution in [0.25, 0.3) is 0 Å². The monoisotopic (exact) mass is 556 g/mol. The number of para-hydroxylation sites is 1. The van der Waals surface area contributed by atoms with Crippen LogP contribution in [-0.2, 0) is 15.8 Å². The lowest BCUT2D eigenvalue weighted by molar-refractivity contribution is -0.137. The van der Waals surface area contributed by atoms with Crippen LogP contribution in [0.15, 0.2) is 54.6 Å². The smallest absolute Gasteiger partial charge is 0.354 e. The summed E-state index contributed by atoms with van der Waals surface area (Å²) in [6.07, 6.45) is 1.93. The fraction of sp³-hybridized carbons (Fsp3) is 0.500. The third-order valence-corrected chi connectivity index (χ3v) is 8.54. The zero-order chi connectivity index (χ0) is 28.3. The van der Waals surface area contributed by atoms with E-state index >= 15 is 0 Å². The van der Waals surface area contributed by atoms with Crippen LogP contribution in [-0.4, -0.2) is 65.9 Å². The number of amides is 3. The van der Waals surface area contributed by atoms with Crippen molar-refractivity contribution in [3.63, 3.8) is 0 Å². The fourth-order valence-electron chi connectivity index (χ4n) is 6.29. The van der Waals surface area contributed by atoms with Gasteiger partial charge in [0.2, 0.25) is 5.91 Å². The highest BCUT2D eigenvalue weighted by Gasteiger charge is 2.54. The van der Waals surface area contributed by atoms with Gasteiger partial charge in [-0.1, -0.05) is 43.5 Å². The van der Waals surface area contributed by atoms with Crippen LogP contribution in [0, 0.1) is 5.92 Å². The number of rotatable bonds is 6. The van der Waals surface area contributed by atoms with Gasteiger partial charge in [0.25, 0.3) is 11.8 Å². The van der Waals surface area contributed by atoms with E-state index in [1.807, 2.05) is 35.2 Å². The summed E-state index contributed by atoms with van der Waals surface area (Å²) in [5, 5.41) is 3.02. The number of carbonyl (C=O) groups is 3. The highest BCUT2D eigenvalue weighted by atomic mass is 19.4. The molecule has 10 heteroatoms. The van der Waals surface area contributed by atoms with Crippen molar-refractivity contribution < 1.29 is 27.6 Å². The van der Waals surface area contributed by atoms with Gasteiger partial charge >= 0.3 is 6.18 Å². The molecule has 1 saturated carbocycles. The van der Waals surface area contributed by atoms with Gasteiger partial charge in [0.15, 0.2) is 0 Å². The molecule has 3 amide bonds. The van der Waals surface area contributed by atoms with Crippen LogP contribution in [0.5, 0.6) is 0 Å². The molecule has 1 aliphatic carbocycles. The maximum absolute atomic E-state index is 13.9. The lowest BCUT2D eigenvalue weighted by atomic mass is 9.85. The van der Waals surface area contributed by atoms with Crippen molar-refractivity contribution >= 4 is 23.4 Å². The molecular formula is C30H35F3N4O3. The molecule has 2 saturated heterocycles. The predicted molar refractivity (Wildman–Crippen MR) is 144 cm³/mol. The molecule has 0 bridgehead atoms. The molecule has 7 nitrogen and oxygen atoms in total. The quantitative estimate of drug-likeness (QED) is 0.561. The summed E-state index contributed by atoms with van der Waals surface area (Å²) >= 11 is 0. The number of hydrogen-bond donors (Lipinski definition) is 1. The maximum atomic E-state index is 13.9. The number of piperidine rings is 1. The molecule has 0 radical (unpaired) electrons. The van der Waals surface area contributed by atoms with Gasteiger partial charge in [0, 0.05) is 30.9 Å². The molecule has 0 unspecified atom stereocenters. The predicted octanol–water partition coefficient (Wildman–Crippen LogP) is 4.68. The Balaban J connectivity index is 1.28. The van der Waals surface area contributed by atoms with Crippen molar-refractivity contribution in [3.05, 3.63) is 65.7 Å². The van der Waals surface area contributed by atoms with Gasteiger partial charge in [-0.05, 0) is 61.9 Å². The van der Waals surface area contributed by atoms with E-state index in [2.05, 4.69) is 5.32 Å². The first-order valence-electron chi connectivity index (χ1n) is 14.0. The molecule has 40 heavy (non-hydrogen) atoms. The van der Waals surface area contributed by atoms with Crippen LogP contribution in [0.3, 0.4) is 0 Å². The number of nitrogens with zero attached hydrogens (tertiary/aromatic N) is 3. The third-order valence-electron chi connectivity index (χ3n) is 8.54. The van der Waals surface area contributed by atoms with Crippen molar-refractivity contribution in [3.8, 4) is 0 Å². The summed E-state index contributed by atoms with van der Waals surface area (Å²) in [6.45, 7) is 1.27. The van der Waals surface area contributed by atoms with E-state index in [0.29, 0.717) is 25.3 Å². The number of likely N-dealkylation sites (tertiary alicyclic amines) is 1. The molecule has 2 heterocycles. The molecule has 2 aliphatic heterocycles. The summed E-state index contributed by atoms with van der Waals surface area (Å²) in [5.41, 5.74) is -0.987. The second-order valence-electron chi connectivity index (χ2n) is 11.1. The summed E-state index contributed by atoms with van der Waals surface area (Å²) < 4.78 is 39.6. The highest BCUT2D eigenvalue weighted by molar-refractivity contribution is 5.97. The molecule has 0 aromatic heterocycles. The number of nitrogens with one attached hydrogen (secondary N) is 1. The van der Waals surface area contributed by atoms with Crippen molar-refractivity contribution in [2.45, 2.75) is 56.7 Å². The van der Waals surface area contributed by atoms with E-state index < -0.39 is 23.2 Å². The maximum Gasteiger partial charge on any atom is 0.416 e. The topological polar surface area (TPSA) is 73.0 Å². The second kappa shape index (κ2) is 11.5. The Labute approximate surface area is 232 Å². The van der Waals surface area contributed by atoms with Gasteiger partial charge < -0.3 is 20.0 Å². The average molecular weight is 557 g/mol. The number of alkyl halides is 3. The lowest BCUT2D eigenvalue weighted by Gasteiger charge is -2.43. The van der Waals surface area contributed by atoms with Crippen LogP contribution >= 0.6 is 0 Å². The number of halogens is 3. The highest BCUT2D eigenvalue weighted by Crippen LogP contribution is 2.40. The van der Waals surface area contributed by atoms with E-state index in [4.69, 9.17) is 0 Å². The van der Waals surface area contributed by atoms with Crippen LogP contribution in [0.1, 0.15) is 60.9 Å². The Morgan fingerprint density at radius 2 is 1.65 bits per heavy atom. The van der Waals surface area contributed by atoms with Crippen molar-refractivity contribution in [2.75, 3.05) is 37.7 Å². The fourth-order valence-corrected chi connectivity index (χ4v) is 6.29. The summed E-state index contributed by atoms with van der Waals surface area (Å²) in [5.74, 6) is -0.342. The molecule has 2 aromatic rings. The zero-order valence-electron chi connectivity index (χ0n) is 22.5. The Morgan fingerprint density at radius 1 is 0.950 bits per heavy atom. The molecule has 0 atom stereocenters. The van der Waals surface area contributed by atoms with Crippen LogP contribution in [0.4, 0.5) is 18.9 Å². The largest absolute Gasteiger partial charge is 0.416 e. The summed E-state index contributed by atoms with van der Waals surface area (Å²) in [4.78, 5) is 44.9. The minimum atomic E-state index is -4.54. The van der Waals surface area contributed by atoms with Crippen LogP contribution in [0.2, 0.25) is 0 Å². The van der Waals surface area contributed by atoms with E-state index in [1.54, 1.807) is 4.90 Å². The molecule has 214 valence electrons.